The van der Waals surface area contributed by atoms with Crippen LogP contribution in [0.4, 0.5) is 0 Å². The van der Waals surface area contributed by atoms with Crippen LogP contribution in [0, 0.1) is 0 Å². The maximum atomic E-state index is 11.1. The van der Waals surface area contributed by atoms with Crippen LogP contribution in [0.3, 0.4) is 0 Å². The number of rotatable bonds is 19. The fraction of sp³-hybridized carbons (Fsp3) is 0.905. The number of hydrogen-bond donors (Lipinski definition) is 2. The van der Waals surface area contributed by atoms with Crippen LogP contribution in [0.5, 0.6) is 0 Å². The van der Waals surface area contributed by atoms with Crippen LogP contribution in [0.15, 0.2) is 12.2 Å². The van der Waals surface area contributed by atoms with Gasteiger partial charge in [0.05, 0.1) is 5.75 Å². The Morgan fingerprint density at radius 3 is 1.69 bits per heavy atom. The molecule has 1 atom stereocenters. The van der Waals surface area contributed by atoms with E-state index in [1.165, 1.54) is 70.6 Å². The van der Waals surface area contributed by atoms with E-state index in [1.54, 1.807) is 0 Å². The number of hydrogen-bond acceptors (Lipinski definition) is 3. The Morgan fingerprint density at radius 1 is 0.885 bits per heavy atom. The van der Waals surface area contributed by atoms with E-state index >= 15 is 0 Å². The molecule has 0 aromatic heterocycles. The molecule has 26 heavy (non-hydrogen) atoms. The van der Waals surface area contributed by atoms with Gasteiger partial charge in [0.1, 0.15) is 0 Å². The van der Waals surface area contributed by atoms with Crippen molar-refractivity contribution in [2.75, 3.05) is 12.3 Å². The van der Waals surface area contributed by atoms with Gasteiger partial charge in [0.15, 0.2) is 0 Å². The summed E-state index contributed by atoms with van der Waals surface area (Å²) in [4.78, 5) is 0. The van der Waals surface area contributed by atoms with Crippen molar-refractivity contribution in [1.29, 1.82) is 0 Å². The Morgan fingerprint density at radius 2 is 1.31 bits per heavy atom. The van der Waals surface area contributed by atoms with Gasteiger partial charge < -0.3 is 5.32 Å². The van der Waals surface area contributed by atoms with E-state index in [1.807, 2.05) is 6.92 Å². The molecule has 0 saturated carbocycles. The summed E-state index contributed by atoms with van der Waals surface area (Å²) in [7, 11) is -3.93. The van der Waals surface area contributed by atoms with E-state index in [-0.39, 0.29) is 11.8 Å². The Kier molecular flexibility index (Phi) is 16.5. The maximum Gasteiger partial charge on any atom is 0.266 e. The molecule has 0 spiro atoms. The molecule has 0 aromatic rings. The second kappa shape index (κ2) is 16.8. The van der Waals surface area contributed by atoms with Crippen LogP contribution in [0.1, 0.15) is 104 Å². The monoisotopic (exact) mass is 389 g/mol. The zero-order valence-corrected chi connectivity index (χ0v) is 18.1. The Balaban J connectivity index is 3.58. The first-order valence-electron chi connectivity index (χ1n) is 10.7. The molecule has 156 valence electrons. The van der Waals surface area contributed by atoms with Crippen molar-refractivity contribution in [3.05, 3.63) is 12.2 Å². The molecule has 0 fully saturated rings. The van der Waals surface area contributed by atoms with E-state index in [4.69, 9.17) is 4.55 Å². The van der Waals surface area contributed by atoms with Gasteiger partial charge >= 0.3 is 0 Å². The van der Waals surface area contributed by atoms with Crippen molar-refractivity contribution >= 4 is 10.1 Å². The molecule has 0 heterocycles. The highest BCUT2D eigenvalue weighted by Gasteiger charge is 2.16. The summed E-state index contributed by atoms with van der Waals surface area (Å²) in [6.07, 6.45) is 17.7. The summed E-state index contributed by atoms with van der Waals surface area (Å²) in [6, 6.07) is -0.186. The van der Waals surface area contributed by atoms with Crippen molar-refractivity contribution in [2.45, 2.75) is 110 Å². The van der Waals surface area contributed by atoms with Crippen LogP contribution in [-0.2, 0) is 10.1 Å². The maximum absolute atomic E-state index is 11.1. The first-order chi connectivity index (χ1) is 12.3. The average Bonchev–Trinajstić information content (AvgIpc) is 2.55. The summed E-state index contributed by atoms with van der Waals surface area (Å²) in [5.41, 5.74) is 0.968. The van der Waals surface area contributed by atoms with Crippen molar-refractivity contribution < 1.29 is 13.0 Å². The number of unbranched alkanes of at least 4 members (excludes halogenated alkanes) is 12. The van der Waals surface area contributed by atoms with Crippen LogP contribution in [0.2, 0.25) is 0 Å². The predicted molar refractivity (Wildman–Crippen MR) is 113 cm³/mol. The molecule has 4 nitrogen and oxygen atoms in total. The standard InChI is InChI=1S/C21H43NO3S/c1-4-5-6-7-8-9-10-11-12-13-14-15-16-17-21(19-26(23,24)25)22-18-20(2)3/h21-22H,2,4-19H2,1,3H3,(H,23,24,25). The summed E-state index contributed by atoms with van der Waals surface area (Å²) < 4.78 is 31.3. The quantitative estimate of drug-likeness (QED) is 0.164. The Labute approximate surface area is 163 Å². The molecule has 0 aromatic carbocycles. The molecule has 0 bridgehead atoms. The summed E-state index contributed by atoms with van der Waals surface area (Å²) in [6.45, 7) is 8.58. The molecule has 2 N–H and O–H groups in total. The van der Waals surface area contributed by atoms with Crippen molar-refractivity contribution in [3.63, 3.8) is 0 Å². The van der Waals surface area contributed by atoms with Gasteiger partial charge in [-0.1, -0.05) is 103 Å². The highest BCUT2D eigenvalue weighted by Crippen LogP contribution is 2.13. The molecular weight excluding hydrogens is 346 g/mol. The summed E-state index contributed by atoms with van der Waals surface area (Å²) in [5.74, 6) is -0.210. The second-order valence-electron chi connectivity index (χ2n) is 7.81. The minimum Gasteiger partial charge on any atom is -0.309 e. The van der Waals surface area contributed by atoms with E-state index in [0.717, 1.165) is 24.8 Å². The van der Waals surface area contributed by atoms with E-state index < -0.39 is 10.1 Å². The van der Waals surface area contributed by atoms with Crippen molar-refractivity contribution in [2.24, 2.45) is 0 Å². The summed E-state index contributed by atoms with van der Waals surface area (Å²) >= 11 is 0. The van der Waals surface area contributed by atoms with Crippen LogP contribution >= 0.6 is 0 Å². The van der Waals surface area contributed by atoms with Crippen LogP contribution in [0.25, 0.3) is 0 Å². The first-order valence-corrected chi connectivity index (χ1v) is 12.3. The van der Waals surface area contributed by atoms with Gasteiger partial charge in [-0.25, -0.2) is 0 Å². The van der Waals surface area contributed by atoms with Gasteiger partial charge in [-0.2, -0.15) is 8.42 Å². The molecule has 0 aliphatic rings. The van der Waals surface area contributed by atoms with E-state index in [9.17, 15) is 8.42 Å². The summed E-state index contributed by atoms with van der Waals surface area (Å²) in [5, 5.41) is 3.18. The highest BCUT2D eigenvalue weighted by atomic mass is 32.2. The fourth-order valence-electron chi connectivity index (χ4n) is 3.23. The molecular formula is C21H43NO3S. The Hall–Kier alpha value is -0.390. The molecule has 5 heteroatoms. The van der Waals surface area contributed by atoms with Gasteiger partial charge in [-0.05, 0) is 13.3 Å². The third-order valence-corrected chi connectivity index (χ3v) is 5.58. The van der Waals surface area contributed by atoms with Crippen molar-refractivity contribution in [1.82, 2.24) is 5.32 Å². The Bertz CT molecular complexity index is 435. The largest absolute Gasteiger partial charge is 0.309 e. The van der Waals surface area contributed by atoms with Gasteiger partial charge in [0.25, 0.3) is 10.1 Å². The lowest BCUT2D eigenvalue weighted by Crippen LogP contribution is -2.36. The fourth-order valence-corrected chi connectivity index (χ4v) is 4.02. The third-order valence-electron chi connectivity index (χ3n) is 4.76. The van der Waals surface area contributed by atoms with E-state index in [2.05, 4.69) is 18.8 Å². The van der Waals surface area contributed by atoms with Crippen molar-refractivity contribution in [3.8, 4) is 0 Å². The molecule has 0 amide bonds. The lowest BCUT2D eigenvalue weighted by molar-refractivity contribution is 0.448. The zero-order valence-electron chi connectivity index (χ0n) is 17.3. The average molecular weight is 390 g/mol. The molecule has 0 saturated heterocycles. The smallest absolute Gasteiger partial charge is 0.266 e. The molecule has 0 radical (unpaired) electrons. The molecule has 1 unspecified atom stereocenters. The lowest BCUT2D eigenvalue weighted by Gasteiger charge is -2.17. The van der Waals surface area contributed by atoms with Gasteiger partial charge in [0, 0.05) is 12.6 Å². The minimum atomic E-state index is -3.93. The topological polar surface area (TPSA) is 66.4 Å². The highest BCUT2D eigenvalue weighted by molar-refractivity contribution is 7.85. The first kappa shape index (κ1) is 25.6. The van der Waals surface area contributed by atoms with Crippen LogP contribution in [-0.4, -0.2) is 31.3 Å². The zero-order chi connectivity index (χ0) is 19.7. The molecule has 0 aliphatic carbocycles. The predicted octanol–water partition coefficient (Wildman–Crippen LogP) is 5.89. The molecule has 0 rings (SSSR count). The SMILES string of the molecule is C=C(C)CNC(CCCCCCCCCCCCCCC)CS(=O)(=O)O. The second-order valence-corrected chi connectivity index (χ2v) is 9.31. The third kappa shape index (κ3) is 19.9. The molecule has 0 aliphatic heterocycles. The van der Waals surface area contributed by atoms with Gasteiger partial charge in [0.2, 0.25) is 0 Å². The lowest BCUT2D eigenvalue weighted by atomic mass is 10.0. The minimum absolute atomic E-state index is 0.186. The van der Waals surface area contributed by atoms with Gasteiger partial charge in [-0.15, -0.1) is 0 Å². The van der Waals surface area contributed by atoms with Crippen LogP contribution < -0.4 is 5.32 Å². The normalized spacial score (nSPS) is 13.0. The van der Waals surface area contributed by atoms with E-state index in [0.29, 0.717) is 6.54 Å². The number of nitrogens with one attached hydrogen (secondary N) is 1. The van der Waals surface area contributed by atoms with Gasteiger partial charge in [-0.3, -0.25) is 4.55 Å².